The highest BCUT2D eigenvalue weighted by Crippen LogP contribution is 2.30. The lowest BCUT2D eigenvalue weighted by atomic mass is 9.98. The van der Waals surface area contributed by atoms with Crippen molar-refractivity contribution in [2.45, 2.75) is 31.6 Å². The van der Waals surface area contributed by atoms with Gasteiger partial charge in [0.05, 0.1) is 18.7 Å². The molecule has 2 aliphatic rings. The van der Waals surface area contributed by atoms with Crippen LogP contribution in [-0.4, -0.2) is 40.5 Å². The largest absolute Gasteiger partial charge is 0.445 e. The van der Waals surface area contributed by atoms with E-state index < -0.39 is 12.2 Å². The zero-order chi connectivity index (χ0) is 19.5. The first-order valence-corrected chi connectivity index (χ1v) is 10.1. The van der Waals surface area contributed by atoms with E-state index in [9.17, 15) is 9.90 Å². The summed E-state index contributed by atoms with van der Waals surface area (Å²) in [6, 6.07) is 17.4. The summed E-state index contributed by atoms with van der Waals surface area (Å²) in [7, 11) is 0. The second-order valence-electron chi connectivity index (χ2n) is 7.06. The van der Waals surface area contributed by atoms with E-state index in [-0.39, 0.29) is 19.2 Å². The fraction of sp³-hybridized carbons (Fsp3) is 0.273. The van der Waals surface area contributed by atoms with Gasteiger partial charge < -0.3 is 9.84 Å². The van der Waals surface area contributed by atoms with Gasteiger partial charge in [0.2, 0.25) is 0 Å². The Balaban J connectivity index is 1.40. The number of aliphatic hydroxyl groups is 1. The first-order valence-electron chi connectivity index (χ1n) is 9.27. The minimum absolute atomic E-state index is 0.216. The third-order valence-electron chi connectivity index (χ3n) is 5.08. The van der Waals surface area contributed by atoms with Gasteiger partial charge in [-0.15, -0.1) is 0 Å². The minimum atomic E-state index is -0.561. The van der Waals surface area contributed by atoms with Gasteiger partial charge in [-0.2, -0.15) is 0 Å². The maximum atomic E-state index is 12.6. The topological polar surface area (TPSA) is 62.1 Å². The first kappa shape index (κ1) is 18.9. The molecule has 1 saturated heterocycles. The van der Waals surface area contributed by atoms with Crippen molar-refractivity contribution in [2.75, 3.05) is 6.54 Å². The van der Waals surface area contributed by atoms with Crippen LogP contribution >= 0.6 is 15.9 Å². The Morgan fingerprint density at radius 3 is 2.68 bits per heavy atom. The number of allylic oxidation sites excluding steroid dienone is 1. The SMILES string of the molecule is O=C(OCc1ccccc1)N1C[C@H](O)C[C@H]1C1=NC=C(c2ccc(Br)cc2)C1. The third kappa shape index (κ3) is 4.18. The summed E-state index contributed by atoms with van der Waals surface area (Å²) in [6.07, 6.45) is 2.04. The summed E-state index contributed by atoms with van der Waals surface area (Å²) in [5, 5.41) is 10.2. The molecule has 144 valence electrons. The molecule has 2 aromatic carbocycles. The number of amides is 1. The highest BCUT2D eigenvalue weighted by Gasteiger charge is 2.39. The van der Waals surface area contributed by atoms with E-state index in [2.05, 4.69) is 20.9 Å². The first-order chi connectivity index (χ1) is 13.6. The number of carbonyl (C=O) groups excluding carboxylic acids is 1. The van der Waals surface area contributed by atoms with Crippen LogP contribution in [0.5, 0.6) is 0 Å². The van der Waals surface area contributed by atoms with Gasteiger partial charge in [0, 0.05) is 29.2 Å². The number of carbonyl (C=O) groups is 1. The molecule has 6 heteroatoms. The van der Waals surface area contributed by atoms with Crippen LogP contribution < -0.4 is 0 Å². The number of rotatable bonds is 4. The van der Waals surface area contributed by atoms with Crippen molar-refractivity contribution in [1.82, 2.24) is 4.90 Å². The summed E-state index contributed by atoms with van der Waals surface area (Å²) < 4.78 is 6.50. The average Bonchev–Trinajstić information content (AvgIpc) is 3.34. The second-order valence-corrected chi connectivity index (χ2v) is 7.97. The van der Waals surface area contributed by atoms with Crippen LogP contribution in [0.2, 0.25) is 0 Å². The molecule has 1 amide bonds. The van der Waals surface area contributed by atoms with E-state index in [0.717, 1.165) is 26.9 Å². The lowest BCUT2D eigenvalue weighted by Crippen LogP contribution is -2.40. The average molecular weight is 441 g/mol. The lowest BCUT2D eigenvalue weighted by molar-refractivity contribution is 0.0933. The molecule has 2 heterocycles. The van der Waals surface area contributed by atoms with Crippen molar-refractivity contribution < 1.29 is 14.6 Å². The number of aliphatic imine (C=N–C) groups is 1. The molecule has 1 fully saturated rings. The van der Waals surface area contributed by atoms with Crippen LogP contribution in [0.15, 0.2) is 70.3 Å². The maximum absolute atomic E-state index is 12.6. The molecule has 0 saturated carbocycles. The third-order valence-corrected chi connectivity index (χ3v) is 5.60. The molecule has 0 radical (unpaired) electrons. The quantitative estimate of drug-likeness (QED) is 0.765. The van der Waals surface area contributed by atoms with Crippen LogP contribution in [0, 0.1) is 0 Å². The zero-order valence-corrected chi connectivity index (χ0v) is 16.9. The van der Waals surface area contributed by atoms with Gasteiger partial charge in [0.1, 0.15) is 6.61 Å². The molecule has 0 bridgehead atoms. The van der Waals surface area contributed by atoms with Gasteiger partial charge in [0.25, 0.3) is 0 Å². The molecule has 0 aromatic heterocycles. The van der Waals surface area contributed by atoms with Gasteiger partial charge in [-0.05, 0) is 28.8 Å². The summed E-state index contributed by atoms with van der Waals surface area (Å²) in [5.41, 5.74) is 4.05. The van der Waals surface area contributed by atoms with Crippen LogP contribution in [0.25, 0.3) is 5.57 Å². The van der Waals surface area contributed by atoms with Crippen LogP contribution in [0.3, 0.4) is 0 Å². The summed E-state index contributed by atoms with van der Waals surface area (Å²) in [6.45, 7) is 0.485. The fourth-order valence-electron chi connectivity index (χ4n) is 3.63. The molecule has 0 unspecified atom stereocenters. The van der Waals surface area contributed by atoms with Crippen molar-refractivity contribution in [3.63, 3.8) is 0 Å². The van der Waals surface area contributed by atoms with Gasteiger partial charge in [-0.25, -0.2) is 4.79 Å². The van der Waals surface area contributed by atoms with Gasteiger partial charge in [0.15, 0.2) is 0 Å². The van der Waals surface area contributed by atoms with Crippen LogP contribution in [-0.2, 0) is 11.3 Å². The Morgan fingerprint density at radius 2 is 1.93 bits per heavy atom. The molecule has 5 nitrogen and oxygen atoms in total. The number of likely N-dealkylation sites (tertiary alicyclic amines) is 1. The molecular weight excluding hydrogens is 420 g/mol. The van der Waals surface area contributed by atoms with E-state index in [1.807, 2.05) is 60.8 Å². The van der Waals surface area contributed by atoms with Crippen molar-refractivity contribution >= 4 is 33.3 Å². The number of benzene rings is 2. The lowest BCUT2D eigenvalue weighted by Gasteiger charge is -2.24. The van der Waals surface area contributed by atoms with E-state index in [1.54, 1.807) is 4.90 Å². The van der Waals surface area contributed by atoms with Crippen LogP contribution in [0.1, 0.15) is 24.0 Å². The fourth-order valence-corrected chi connectivity index (χ4v) is 3.89. The molecular formula is C22H21BrN2O3. The van der Waals surface area contributed by atoms with E-state index >= 15 is 0 Å². The number of hydrogen-bond acceptors (Lipinski definition) is 4. The van der Waals surface area contributed by atoms with E-state index in [0.29, 0.717) is 12.8 Å². The minimum Gasteiger partial charge on any atom is -0.445 e. The molecule has 1 N–H and O–H groups in total. The van der Waals surface area contributed by atoms with Crippen molar-refractivity contribution in [2.24, 2.45) is 4.99 Å². The maximum Gasteiger partial charge on any atom is 0.410 e. The van der Waals surface area contributed by atoms with Crippen molar-refractivity contribution in [1.29, 1.82) is 0 Å². The van der Waals surface area contributed by atoms with Crippen molar-refractivity contribution in [3.05, 3.63) is 76.4 Å². The van der Waals surface area contributed by atoms with E-state index in [1.165, 1.54) is 0 Å². The monoisotopic (exact) mass is 440 g/mol. The summed E-state index contributed by atoms with van der Waals surface area (Å²) in [5.74, 6) is 0. The molecule has 2 atom stereocenters. The Hall–Kier alpha value is -2.44. The Bertz CT molecular complexity index is 909. The molecule has 4 rings (SSSR count). The number of halogens is 1. The number of aliphatic hydroxyl groups excluding tert-OH is 1. The molecule has 0 spiro atoms. The molecule has 2 aliphatic heterocycles. The molecule has 2 aromatic rings. The number of ether oxygens (including phenoxy) is 1. The molecule has 28 heavy (non-hydrogen) atoms. The van der Waals surface area contributed by atoms with E-state index in [4.69, 9.17) is 4.74 Å². The summed E-state index contributed by atoms with van der Waals surface area (Å²) >= 11 is 3.45. The second kappa shape index (κ2) is 8.29. The summed E-state index contributed by atoms with van der Waals surface area (Å²) in [4.78, 5) is 18.8. The smallest absolute Gasteiger partial charge is 0.410 e. The van der Waals surface area contributed by atoms with Gasteiger partial charge in [-0.1, -0.05) is 58.4 Å². The molecule has 0 aliphatic carbocycles. The predicted molar refractivity (Wildman–Crippen MR) is 112 cm³/mol. The number of hydrogen-bond donors (Lipinski definition) is 1. The van der Waals surface area contributed by atoms with Gasteiger partial charge >= 0.3 is 6.09 Å². The predicted octanol–water partition coefficient (Wildman–Crippen LogP) is 4.41. The standard InChI is InChI=1S/C22H21BrN2O3/c23-18-8-6-16(7-9-18)17-10-20(24-12-17)21-11-19(26)13-25(21)22(27)28-14-15-4-2-1-3-5-15/h1-9,12,19,21,26H,10-11,13-14H2/t19-,21+/m1/s1. The normalized spacial score (nSPS) is 21.4. The Kier molecular flexibility index (Phi) is 5.59. The van der Waals surface area contributed by atoms with Gasteiger partial charge in [-0.3, -0.25) is 9.89 Å². The highest BCUT2D eigenvalue weighted by molar-refractivity contribution is 9.10. The Morgan fingerprint density at radius 1 is 1.18 bits per heavy atom. The number of β-amino-alcohol motifs (C(OH)–C–C–N with tert-alkyl or cyclic N) is 1. The Labute approximate surface area is 172 Å². The zero-order valence-electron chi connectivity index (χ0n) is 15.3. The van der Waals surface area contributed by atoms with Crippen molar-refractivity contribution in [3.8, 4) is 0 Å². The highest BCUT2D eigenvalue weighted by atomic mass is 79.9. The number of nitrogens with zero attached hydrogens (tertiary/aromatic N) is 2. The van der Waals surface area contributed by atoms with Crippen LogP contribution in [0.4, 0.5) is 4.79 Å².